The third kappa shape index (κ3) is 5.31. The summed E-state index contributed by atoms with van der Waals surface area (Å²) in [6.45, 7) is 4.30. The zero-order chi connectivity index (χ0) is 12.7. The topological polar surface area (TPSA) is 35.2 Å². The van der Waals surface area contributed by atoms with Gasteiger partial charge in [0.15, 0.2) is 0 Å². The summed E-state index contributed by atoms with van der Waals surface area (Å²) in [4.78, 5) is 0. The van der Waals surface area contributed by atoms with Crippen LogP contribution in [0, 0.1) is 0 Å². The molecule has 1 aromatic carbocycles. The quantitative estimate of drug-likeness (QED) is 0.568. The fourth-order valence-corrected chi connectivity index (χ4v) is 1.98. The minimum Gasteiger partial charge on any atom is -0.489 e. The second-order valence-corrected chi connectivity index (χ2v) is 4.87. The van der Waals surface area contributed by atoms with Crippen LogP contribution in [-0.4, -0.2) is 6.10 Å². The summed E-state index contributed by atoms with van der Waals surface area (Å²) in [5.41, 5.74) is 6.30. The van der Waals surface area contributed by atoms with E-state index >= 15 is 0 Å². The zero-order valence-corrected chi connectivity index (χ0v) is 11.5. The van der Waals surface area contributed by atoms with Gasteiger partial charge in [0.25, 0.3) is 0 Å². The van der Waals surface area contributed by atoms with E-state index in [1.807, 2.05) is 12.1 Å². The van der Waals surface area contributed by atoms with Crippen molar-refractivity contribution in [3.63, 3.8) is 0 Å². The maximum Gasteiger partial charge on any atom is 0.138 e. The van der Waals surface area contributed by atoms with Crippen LogP contribution in [-0.2, 0) is 0 Å². The molecule has 0 bridgehead atoms. The van der Waals surface area contributed by atoms with Gasteiger partial charge in [-0.3, -0.25) is 0 Å². The van der Waals surface area contributed by atoms with Gasteiger partial charge in [-0.05, 0) is 38.0 Å². The molecule has 0 saturated heterocycles. The van der Waals surface area contributed by atoms with E-state index in [1.165, 1.54) is 25.7 Å². The molecule has 0 heterocycles. The molecule has 0 unspecified atom stereocenters. The van der Waals surface area contributed by atoms with Crippen LogP contribution < -0.4 is 10.5 Å². The lowest BCUT2D eigenvalue weighted by Crippen LogP contribution is -2.11. The van der Waals surface area contributed by atoms with E-state index in [1.54, 1.807) is 6.07 Å². The van der Waals surface area contributed by atoms with Crippen LogP contribution in [0.1, 0.15) is 46.0 Å². The van der Waals surface area contributed by atoms with Gasteiger partial charge in [-0.1, -0.05) is 37.8 Å². The van der Waals surface area contributed by atoms with E-state index < -0.39 is 0 Å². The number of ether oxygens (including phenoxy) is 1. The number of nitrogen functional groups attached to an aromatic ring is 1. The third-order valence-corrected chi connectivity index (χ3v) is 3.04. The van der Waals surface area contributed by atoms with Crippen LogP contribution in [0.5, 0.6) is 5.75 Å². The van der Waals surface area contributed by atoms with Gasteiger partial charge in [0.2, 0.25) is 0 Å². The number of benzene rings is 1. The number of nitrogens with two attached hydrogens (primary N) is 1. The Morgan fingerprint density at radius 2 is 2.06 bits per heavy atom. The standard InChI is InChI=1S/C14H22ClNO/c1-3-4-5-6-7-11(2)17-14-9-8-12(16)10-13(14)15/h8-11H,3-7,16H2,1-2H3/t11-/m0/s1. The molecule has 0 aromatic heterocycles. The highest BCUT2D eigenvalue weighted by Crippen LogP contribution is 2.27. The lowest BCUT2D eigenvalue weighted by Gasteiger charge is -2.15. The summed E-state index contributed by atoms with van der Waals surface area (Å²) in [5.74, 6) is 0.726. The Bertz CT molecular complexity index is 341. The normalized spacial score (nSPS) is 12.4. The highest BCUT2D eigenvalue weighted by molar-refractivity contribution is 6.32. The van der Waals surface area contributed by atoms with Crippen molar-refractivity contribution in [1.82, 2.24) is 0 Å². The smallest absolute Gasteiger partial charge is 0.138 e. The van der Waals surface area contributed by atoms with Crippen molar-refractivity contribution in [3.8, 4) is 5.75 Å². The van der Waals surface area contributed by atoms with Gasteiger partial charge >= 0.3 is 0 Å². The average molecular weight is 256 g/mol. The first-order chi connectivity index (χ1) is 8.13. The number of hydrogen-bond donors (Lipinski definition) is 1. The lowest BCUT2D eigenvalue weighted by atomic mass is 10.1. The van der Waals surface area contributed by atoms with Gasteiger partial charge in [0.1, 0.15) is 5.75 Å². The van der Waals surface area contributed by atoms with Gasteiger partial charge in [-0.15, -0.1) is 0 Å². The summed E-state index contributed by atoms with van der Waals surface area (Å²) in [7, 11) is 0. The molecule has 2 nitrogen and oxygen atoms in total. The van der Waals surface area contributed by atoms with Crippen LogP contribution >= 0.6 is 11.6 Å². The second-order valence-electron chi connectivity index (χ2n) is 4.47. The van der Waals surface area contributed by atoms with E-state index in [4.69, 9.17) is 22.1 Å². The molecule has 2 N–H and O–H groups in total. The number of rotatable bonds is 7. The summed E-state index contributed by atoms with van der Waals surface area (Å²) in [6, 6.07) is 5.37. The van der Waals surface area contributed by atoms with Crippen molar-refractivity contribution in [2.75, 3.05) is 5.73 Å². The molecule has 17 heavy (non-hydrogen) atoms. The molecule has 0 saturated carbocycles. The van der Waals surface area contributed by atoms with Crippen molar-refractivity contribution in [3.05, 3.63) is 23.2 Å². The van der Waals surface area contributed by atoms with Crippen molar-refractivity contribution in [1.29, 1.82) is 0 Å². The minimum absolute atomic E-state index is 0.202. The molecule has 0 radical (unpaired) electrons. The summed E-state index contributed by atoms with van der Waals surface area (Å²) in [5, 5.41) is 0.588. The lowest BCUT2D eigenvalue weighted by molar-refractivity contribution is 0.206. The first-order valence-corrected chi connectivity index (χ1v) is 6.73. The van der Waals surface area contributed by atoms with E-state index in [-0.39, 0.29) is 6.10 Å². The molecule has 1 rings (SSSR count). The van der Waals surface area contributed by atoms with Gasteiger partial charge in [-0.2, -0.15) is 0 Å². The van der Waals surface area contributed by atoms with Crippen molar-refractivity contribution < 1.29 is 4.74 Å². The number of hydrogen-bond acceptors (Lipinski definition) is 2. The molecule has 0 amide bonds. The van der Waals surface area contributed by atoms with Crippen LogP contribution in [0.4, 0.5) is 5.69 Å². The van der Waals surface area contributed by atoms with E-state index in [9.17, 15) is 0 Å². The monoisotopic (exact) mass is 255 g/mol. The number of unbranched alkanes of at least 4 members (excludes halogenated alkanes) is 3. The largest absolute Gasteiger partial charge is 0.489 e. The molecular formula is C14H22ClNO. The maximum absolute atomic E-state index is 6.05. The third-order valence-electron chi connectivity index (χ3n) is 2.75. The molecule has 0 fully saturated rings. The first kappa shape index (κ1) is 14.2. The average Bonchev–Trinajstić information content (AvgIpc) is 2.28. The molecule has 3 heteroatoms. The van der Waals surface area contributed by atoms with Gasteiger partial charge in [0, 0.05) is 5.69 Å². The Kier molecular flexibility index (Phi) is 6.20. The SMILES string of the molecule is CCCCCC[C@H](C)Oc1ccc(N)cc1Cl. The number of halogens is 1. The highest BCUT2D eigenvalue weighted by atomic mass is 35.5. The first-order valence-electron chi connectivity index (χ1n) is 6.35. The Morgan fingerprint density at radius 1 is 1.29 bits per heavy atom. The van der Waals surface area contributed by atoms with Crippen molar-refractivity contribution in [2.45, 2.75) is 52.1 Å². The fraction of sp³-hybridized carbons (Fsp3) is 0.571. The maximum atomic E-state index is 6.05. The summed E-state index contributed by atoms with van der Waals surface area (Å²) < 4.78 is 5.79. The van der Waals surface area contributed by atoms with Gasteiger partial charge in [0.05, 0.1) is 11.1 Å². The Morgan fingerprint density at radius 3 is 2.71 bits per heavy atom. The van der Waals surface area contributed by atoms with E-state index in [2.05, 4.69) is 13.8 Å². The number of anilines is 1. The molecule has 0 aliphatic carbocycles. The van der Waals surface area contributed by atoms with E-state index in [0.717, 1.165) is 12.2 Å². The second kappa shape index (κ2) is 7.44. The van der Waals surface area contributed by atoms with Crippen LogP contribution in [0.15, 0.2) is 18.2 Å². The van der Waals surface area contributed by atoms with Gasteiger partial charge in [-0.25, -0.2) is 0 Å². The molecule has 96 valence electrons. The molecule has 1 aromatic rings. The predicted octanol–water partition coefficient (Wildman–Crippen LogP) is 4.66. The summed E-state index contributed by atoms with van der Waals surface area (Å²) >= 11 is 6.05. The molecule has 0 aliphatic rings. The predicted molar refractivity (Wildman–Crippen MR) is 74.7 cm³/mol. The van der Waals surface area contributed by atoms with E-state index in [0.29, 0.717) is 10.7 Å². The molecule has 0 aliphatic heterocycles. The van der Waals surface area contributed by atoms with Gasteiger partial charge < -0.3 is 10.5 Å². The fourth-order valence-electron chi connectivity index (χ4n) is 1.75. The van der Waals surface area contributed by atoms with Crippen molar-refractivity contribution >= 4 is 17.3 Å². The van der Waals surface area contributed by atoms with Crippen LogP contribution in [0.3, 0.4) is 0 Å². The van der Waals surface area contributed by atoms with Crippen molar-refractivity contribution in [2.24, 2.45) is 0 Å². The van der Waals surface area contributed by atoms with Crippen LogP contribution in [0.2, 0.25) is 5.02 Å². The highest BCUT2D eigenvalue weighted by Gasteiger charge is 2.07. The Hall–Kier alpha value is -0.890. The van der Waals surface area contributed by atoms with Crippen LogP contribution in [0.25, 0.3) is 0 Å². The molecule has 1 atom stereocenters. The molecule has 0 spiro atoms. The zero-order valence-electron chi connectivity index (χ0n) is 10.7. The minimum atomic E-state index is 0.202. The Balaban J connectivity index is 2.37. The molecular weight excluding hydrogens is 234 g/mol. The Labute approximate surface area is 109 Å². The summed E-state index contributed by atoms with van der Waals surface area (Å²) in [6.07, 6.45) is 6.32.